The number of carbonyl (C=O) groups is 2. The lowest BCUT2D eigenvalue weighted by atomic mass is 9.83. The Morgan fingerprint density at radius 2 is 1.76 bits per heavy atom. The molecule has 0 spiro atoms. The van der Waals surface area contributed by atoms with Crippen molar-refractivity contribution >= 4 is 40.5 Å². The van der Waals surface area contributed by atoms with Crippen LogP contribution in [0.3, 0.4) is 0 Å². The molecule has 100 valence electrons. The molecule has 0 radical (unpaired) electrons. The van der Waals surface area contributed by atoms with Crippen molar-refractivity contribution in [2.45, 2.75) is 31.5 Å². The zero-order valence-electron chi connectivity index (χ0n) is 10.6. The Kier molecular flexibility index (Phi) is 6.55. The van der Waals surface area contributed by atoms with E-state index >= 15 is 0 Å². The molecule has 17 heavy (non-hydrogen) atoms. The molecule has 0 N–H and O–H groups in total. The molecule has 0 saturated carbocycles. The maximum absolute atomic E-state index is 11.8. The molecule has 1 atom stereocenters. The van der Waals surface area contributed by atoms with E-state index in [9.17, 15) is 9.59 Å². The van der Waals surface area contributed by atoms with Gasteiger partial charge in [-0.05, 0) is 27.2 Å². The van der Waals surface area contributed by atoms with Gasteiger partial charge in [-0.25, -0.2) is 0 Å². The summed E-state index contributed by atoms with van der Waals surface area (Å²) < 4.78 is 8.80. The van der Waals surface area contributed by atoms with Crippen LogP contribution in [0.4, 0.5) is 0 Å². The number of esters is 2. The van der Waals surface area contributed by atoms with Gasteiger partial charge in [-0.15, -0.1) is 0 Å². The van der Waals surface area contributed by atoms with E-state index in [1.807, 2.05) is 0 Å². The first-order chi connectivity index (χ1) is 7.67. The van der Waals surface area contributed by atoms with Crippen molar-refractivity contribution in [2.75, 3.05) is 19.5 Å². The number of carbonyl (C=O) groups excluding carboxylic acids is 2. The lowest BCUT2D eigenvalue weighted by molar-refractivity contribution is -0.155. The first-order valence-corrected chi connectivity index (χ1v) is 6.65. The quantitative estimate of drug-likeness (QED) is 0.462. The molecule has 0 aliphatic heterocycles. The molecule has 4 nitrogen and oxygen atoms in total. The van der Waals surface area contributed by atoms with Gasteiger partial charge in [0.25, 0.3) is 0 Å². The minimum absolute atomic E-state index is 0.266. The predicted molar refractivity (Wildman–Crippen MR) is 72.6 cm³/mol. The fourth-order valence-electron chi connectivity index (χ4n) is 1.52. The van der Waals surface area contributed by atoms with Gasteiger partial charge in [0.15, 0.2) is 0 Å². The highest BCUT2D eigenvalue weighted by Crippen LogP contribution is 2.35. The Balaban J connectivity index is 4.62. The Morgan fingerprint density at radius 3 is 2.18 bits per heavy atom. The average Bonchev–Trinajstić information content (AvgIpc) is 2.22. The van der Waals surface area contributed by atoms with Gasteiger partial charge in [-0.2, -0.15) is 12.6 Å². The van der Waals surface area contributed by atoms with Crippen LogP contribution in [0.15, 0.2) is 0 Å². The molecule has 0 aromatic rings. The minimum atomic E-state index is -0.898. The molecular weight excluding hydrogens is 308 g/mol. The molecule has 0 amide bonds. The fraction of sp³-hybridized carbons (Fsp3) is 0.818. The highest BCUT2D eigenvalue weighted by molar-refractivity contribution is 9.10. The van der Waals surface area contributed by atoms with E-state index in [2.05, 4.69) is 33.3 Å². The summed E-state index contributed by atoms with van der Waals surface area (Å²) in [5.74, 6) is -0.279. The molecule has 1 unspecified atom stereocenters. The van der Waals surface area contributed by atoms with Crippen LogP contribution in [0.25, 0.3) is 0 Å². The van der Waals surface area contributed by atoms with Gasteiger partial charge in [0, 0.05) is 5.75 Å². The summed E-state index contributed by atoms with van der Waals surface area (Å²) in [6, 6.07) is 0. The van der Waals surface area contributed by atoms with Crippen LogP contribution in [0.1, 0.15) is 27.2 Å². The molecule has 0 aromatic heterocycles. The van der Waals surface area contributed by atoms with Crippen molar-refractivity contribution in [1.29, 1.82) is 0 Å². The molecule has 0 aromatic carbocycles. The van der Waals surface area contributed by atoms with Gasteiger partial charge in [0.2, 0.25) is 0 Å². The first-order valence-electron chi connectivity index (χ1n) is 5.23. The molecule has 0 aliphatic rings. The Bertz CT molecular complexity index is 289. The molecule has 0 fully saturated rings. The molecule has 0 rings (SSSR count). The minimum Gasteiger partial charge on any atom is -0.468 e. The summed E-state index contributed by atoms with van der Waals surface area (Å²) in [4.78, 5) is 23.3. The second-order valence-electron chi connectivity index (χ2n) is 4.61. The standard InChI is InChI=1S/C11H19BrO4S/c1-10(2,8(13)16-5-6-17)7-11(3,12)9(14)15-4/h17H,5-7H2,1-4H3. The van der Waals surface area contributed by atoms with Crippen LogP contribution in [0, 0.1) is 5.41 Å². The number of thiol groups is 1. The third-order valence-corrected chi connectivity index (χ3v) is 3.05. The summed E-state index contributed by atoms with van der Waals surface area (Å²) in [7, 11) is 1.31. The Morgan fingerprint density at radius 1 is 1.24 bits per heavy atom. The molecular formula is C11H19BrO4S. The van der Waals surface area contributed by atoms with Gasteiger partial charge in [-0.1, -0.05) is 15.9 Å². The number of hydrogen-bond donors (Lipinski definition) is 1. The van der Waals surface area contributed by atoms with E-state index in [0.717, 1.165) is 0 Å². The first kappa shape index (κ1) is 16.8. The van der Waals surface area contributed by atoms with Crippen molar-refractivity contribution < 1.29 is 19.1 Å². The topological polar surface area (TPSA) is 52.6 Å². The molecule has 0 saturated heterocycles. The smallest absolute Gasteiger partial charge is 0.322 e. The summed E-state index contributed by atoms with van der Waals surface area (Å²) in [6.07, 6.45) is 0.290. The largest absolute Gasteiger partial charge is 0.468 e. The zero-order chi connectivity index (χ0) is 13.7. The number of rotatable bonds is 6. The van der Waals surface area contributed by atoms with E-state index in [1.54, 1.807) is 20.8 Å². The Hall–Kier alpha value is -0.230. The number of alkyl halides is 1. The van der Waals surface area contributed by atoms with Crippen molar-refractivity contribution in [3.05, 3.63) is 0 Å². The van der Waals surface area contributed by atoms with Gasteiger partial charge >= 0.3 is 11.9 Å². The van der Waals surface area contributed by atoms with Crippen LogP contribution in [-0.4, -0.2) is 35.7 Å². The number of ether oxygens (including phenoxy) is 2. The number of methoxy groups -OCH3 is 1. The van der Waals surface area contributed by atoms with Gasteiger partial charge in [0.05, 0.1) is 12.5 Å². The number of halogens is 1. The van der Waals surface area contributed by atoms with Crippen LogP contribution >= 0.6 is 28.6 Å². The monoisotopic (exact) mass is 326 g/mol. The van der Waals surface area contributed by atoms with Crippen LogP contribution in [0.5, 0.6) is 0 Å². The van der Waals surface area contributed by atoms with E-state index in [1.165, 1.54) is 7.11 Å². The second kappa shape index (κ2) is 6.64. The third kappa shape index (κ3) is 5.29. The van der Waals surface area contributed by atoms with Crippen LogP contribution < -0.4 is 0 Å². The summed E-state index contributed by atoms with van der Waals surface area (Å²) in [5, 5.41) is 0. The SMILES string of the molecule is COC(=O)C(C)(Br)CC(C)(C)C(=O)OCCS. The molecule has 0 aliphatic carbocycles. The van der Waals surface area contributed by atoms with Crippen molar-refractivity contribution in [3.63, 3.8) is 0 Å². The second-order valence-corrected chi connectivity index (χ2v) is 6.81. The van der Waals surface area contributed by atoms with Crippen LogP contribution in [0.2, 0.25) is 0 Å². The predicted octanol–water partition coefficient (Wildman–Crippen LogP) is 2.20. The maximum Gasteiger partial charge on any atom is 0.322 e. The normalized spacial score (nSPS) is 14.9. The van der Waals surface area contributed by atoms with Gasteiger partial charge in [-0.3, -0.25) is 9.59 Å². The summed E-state index contributed by atoms with van der Waals surface area (Å²) in [5.41, 5.74) is -0.768. The van der Waals surface area contributed by atoms with Crippen molar-refractivity contribution in [2.24, 2.45) is 5.41 Å². The summed E-state index contributed by atoms with van der Waals surface area (Å²) in [6.45, 7) is 5.40. The van der Waals surface area contributed by atoms with Gasteiger partial charge < -0.3 is 9.47 Å². The van der Waals surface area contributed by atoms with E-state index in [4.69, 9.17) is 4.74 Å². The average molecular weight is 327 g/mol. The lowest BCUT2D eigenvalue weighted by Crippen LogP contribution is -2.39. The van der Waals surface area contributed by atoms with Crippen molar-refractivity contribution in [1.82, 2.24) is 0 Å². The molecule has 0 bridgehead atoms. The maximum atomic E-state index is 11.8. The highest BCUT2D eigenvalue weighted by Gasteiger charge is 2.42. The molecule has 0 heterocycles. The van der Waals surface area contributed by atoms with Gasteiger partial charge in [0.1, 0.15) is 10.9 Å². The van der Waals surface area contributed by atoms with E-state index in [0.29, 0.717) is 5.75 Å². The Labute approximate surface area is 116 Å². The van der Waals surface area contributed by atoms with E-state index in [-0.39, 0.29) is 19.0 Å². The fourth-order valence-corrected chi connectivity index (χ4v) is 2.47. The number of hydrogen-bond acceptors (Lipinski definition) is 5. The van der Waals surface area contributed by atoms with Crippen LogP contribution in [-0.2, 0) is 19.1 Å². The third-order valence-electron chi connectivity index (χ3n) is 2.26. The lowest BCUT2D eigenvalue weighted by Gasteiger charge is -2.29. The highest BCUT2D eigenvalue weighted by atomic mass is 79.9. The molecule has 6 heteroatoms. The zero-order valence-corrected chi connectivity index (χ0v) is 13.1. The van der Waals surface area contributed by atoms with E-state index < -0.39 is 15.7 Å². The summed E-state index contributed by atoms with van der Waals surface area (Å²) >= 11 is 7.25. The van der Waals surface area contributed by atoms with Crippen molar-refractivity contribution in [3.8, 4) is 0 Å².